The van der Waals surface area contributed by atoms with Gasteiger partial charge in [0.15, 0.2) is 0 Å². The minimum Gasteiger partial charge on any atom is -0.344 e. The maximum Gasteiger partial charge on any atom is 0.226 e. The summed E-state index contributed by atoms with van der Waals surface area (Å²) in [6.07, 6.45) is 3.32. The maximum absolute atomic E-state index is 12.9. The smallest absolute Gasteiger partial charge is 0.226 e. The van der Waals surface area contributed by atoms with E-state index in [-0.39, 0.29) is 23.2 Å². The van der Waals surface area contributed by atoms with Crippen LogP contribution in [0.5, 0.6) is 0 Å². The summed E-state index contributed by atoms with van der Waals surface area (Å²) in [6.45, 7) is 7.55. The highest BCUT2D eigenvalue weighted by molar-refractivity contribution is 5.92. The zero-order valence-corrected chi connectivity index (χ0v) is 15.1. The van der Waals surface area contributed by atoms with Crippen molar-refractivity contribution in [1.29, 1.82) is 0 Å². The molecule has 2 rings (SSSR count). The van der Waals surface area contributed by atoms with Gasteiger partial charge in [0, 0.05) is 31.5 Å². The van der Waals surface area contributed by atoms with Crippen LogP contribution in [0.2, 0.25) is 0 Å². The fraction of sp³-hybridized carbons (Fsp3) is 0.889. The predicted octanol–water partition coefficient (Wildman–Crippen LogP) is 2.28. The van der Waals surface area contributed by atoms with E-state index in [4.69, 9.17) is 0 Å². The van der Waals surface area contributed by atoms with Crippen LogP contribution in [0.15, 0.2) is 0 Å². The van der Waals surface area contributed by atoms with Gasteiger partial charge in [-0.3, -0.25) is 9.59 Å². The molecule has 4 nitrogen and oxygen atoms in total. The molecule has 4 heteroatoms. The number of fused-ring (bicyclic) bond motifs is 2. The second-order valence-corrected chi connectivity index (χ2v) is 8.56. The first-order valence-corrected chi connectivity index (χ1v) is 8.57. The maximum atomic E-state index is 12.9. The van der Waals surface area contributed by atoms with Crippen molar-refractivity contribution in [3.05, 3.63) is 0 Å². The van der Waals surface area contributed by atoms with Crippen LogP contribution in [0.4, 0.5) is 0 Å². The lowest BCUT2D eigenvalue weighted by atomic mass is 9.70. The molecule has 0 aromatic heterocycles. The third kappa shape index (κ3) is 3.37. The van der Waals surface area contributed by atoms with E-state index in [0.29, 0.717) is 17.6 Å². The van der Waals surface area contributed by atoms with Crippen LogP contribution in [-0.2, 0) is 9.59 Å². The van der Waals surface area contributed by atoms with Gasteiger partial charge in [-0.15, -0.1) is 0 Å². The first-order chi connectivity index (χ1) is 10.1. The van der Waals surface area contributed by atoms with Gasteiger partial charge >= 0.3 is 0 Å². The lowest BCUT2D eigenvalue weighted by Crippen LogP contribution is -2.46. The van der Waals surface area contributed by atoms with Crippen molar-refractivity contribution in [2.45, 2.75) is 40.0 Å². The minimum atomic E-state index is -0.351. The van der Waals surface area contributed by atoms with Crippen LogP contribution in [0, 0.1) is 29.1 Å². The molecule has 0 radical (unpaired) electrons. The quantitative estimate of drug-likeness (QED) is 0.782. The van der Waals surface area contributed by atoms with Gasteiger partial charge in [-0.2, -0.15) is 0 Å². The second-order valence-electron chi connectivity index (χ2n) is 8.56. The molecule has 126 valence electrons. The highest BCUT2D eigenvalue weighted by Gasteiger charge is 2.55. The predicted molar refractivity (Wildman–Crippen MR) is 88.5 cm³/mol. The van der Waals surface area contributed by atoms with Gasteiger partial charge in [0.1, 0.15) is 5.78 Å². The Labute approximate surface area is 135 Å². The topological polar surface area (TPSA) is 40.6 Å². The standard InChI is InChI=1S/C18H32N2O2/c1-18(2,3)16(21)14-12-7-8-13(11-12)15(14)17(22)20(6)10-9-19(4)5/h12-15H,7-11H2,1-6H3/t12?,13?,14-,15+/m0/s1. The van der Waals surface area contributed by atoms with Crippen LogP contribution in [-0.4, -0.2) is 55.7 Å². The average molecular weight is 308 g/mol. The fourth-order valence-corrected chi connectivity index (χ4v) is 4.24. The molecule has 2 unspecified atom stereocenters. The Hall–Kier alpha value is -0.900. The van der Waals surface area contributed by atoms with E-state index >= 15 is 0 Å². The van der Waals surface area contributed by atoms with Crippen LogP contribution >= 0.6 is 0 Å². The number of amides is 1. The first kappa shape index (κ1) is 17.5. The van der Waals surface area contributed by atoms with Crippen molar-refractivity contribution in [3.8, 4) is 0 Å². The Morgan fingerprint density at radius 2 is 1.50 bits per heavy atom. The summed E-state index contributed by atoms with van der Waals surface area (Å²) < 4.78 is 0. The summed E-state index contributed by atoms with van der Waals surface area (Å²) in [6, 6.07) is 0. The number of carbonyl (C=O) groups excluding carboxylic acids is 2. The molecule has 0 aromatic rings. The molecule has 0 spiro atoms. The number of nitrogens with zero attached hydrogens (tertiary/aromatic N) is 2. The van der Waals surface area contributed by atoms with Gasteiger partial charge in [0.25, 0.3) is 0 Å². The normalized spacial score (nSPS) is 30.9. The molecule has 22 heavy (non-hydrogen) atoms. The molecular weight excluding hydrogens is 276 g/mol. The molecule has 0 saturated heterocycles. The Bertz CT molecular complexity index is 439. The molecule has 2 aliphatic carbocycles. The number of likely N-dealkylation sites (N-methyl/N-ethyl adjacent to an activating group) is 2. The summed E-state index contributed by atoms with van der Waals surface area (Å²) in [5.41, 5.74) is -0.351. The number of Topliss-reactive ketones (excluding diaryl/α,β-unsaturated/α-hetero) is 1. The number of ketones is 1. The molecule has 2 saturated carbocycles. The fourth-order valence-electron chi connectivity index (χ4n) is 4.24. The van der Waals surface area contributed by atoms with E-state index in [0.717, 1.165) is 32.4 Å². The van der Waals surface area contributed by atoms with Gasteiger partial charge in [0.2, 0.25) is 5.91 Å². The molecule has 2 aliphatic rings. The lowest BCUT2D eigenvalue weighted by molar-refractivity contribution is -0.145. The van der Waals surface area contributed by atoms with Crippen molar-refractivity contribution in [1.82, 2.24) is 9.80 Å². The molecule has 0 heterocycles. The molecule has 2 bridgehead atoms. The third-order valence-corrected chi connectivity index (χ3v) is 5.50. The van der Waals surface area contributed by atoms with E-state index < -0.39 is 0 Å². The number of hydrogen-bond donors (Lipinski definition) is 0. The van der Waals surface area contributed by atoms with Crippen molar-refractivity contribution < 1.29 is 9.59 Å². The average Bonchev–Trinajstić information content (AvgIpc) is 3.02. The summed E-state index contributed by atoms with van der Waals surface area (Å²) in [5.74, 6) is 1.23. The van der Waals surface area contributed by atoms with Gasteiger partial charge < -0.3 is 9.80 Å². The van der Waals surface area contributed by atoms with Crippen LogP contribution < -0.4 is 0 Å². The third-order valence-electron chi connectivity index (χ3n) is 5.50. The molecular formula is C18H32N2O2. The Kier molecular flexibility index (Phi) is 5.00. The molecule has 0 aliphatic heterocycles. The van der Waals surface area contributed by atoms with E-state index in [1.54, 1.807) is 0 Å². The highest BCUT2D eigenvalue weighted by atomic mass is 16.2. The number of rotatable bonds is 5. The van der Waals surface area contributed by atoms with Gasteiger partial charge in [-0.05, 0) is 45.2 Å². The summed E-state index contributed by atoms with van der Waals surface area (Å²) >= 11 is 0. The second kappa shape index (κ2) is 6.31. The monoisotopic (exact) mass is 308 g/mol. The van der Waals surface area contributed by atoms with Crippen molar-refractivity contribution in [2.24, 2.45) is 29.1 Å². The molecule has 4 atom stereocenters. The van der Waals surface area contributed by atoms with E-state index in [1.165, 1.54) is 0 Å². The molecule has 0 N–H and O–H groups in total. The van der Waals surface area contributed by atoms with E-state index in [9.17, 15) is 9.59 Å². The van der Waals surface area contributed by atoms with E-state index in [1.807, 2.05) is 46.8 Å². The largest absolute Gasteiger partial charge is 0.344 e. The first-order valence-electron chi connectivity index (χ1n) is 8.57. The Balaban J connectivity index is 2.13. The Morgan fingerprint density at radius 1 is 0.955 bits per heavy atom. The van der Waals surface area contributed by atoms with Crippen LogP contribution in [0.3, 0.4) is 0 Å². The van der Waals surface area contributed by atoms with Crippen molar-refractivity contribution in [3.63, 3.8) is 0 Å². The minimum absolute atomic E-state index is 0.0481. The zero-order valence-electron chi connectivity index (χ0n) is 15.1. The SMILES string of the molecule is CN(C)CCN(C)C(=O)[C@@H]1C2CCC(C2)[C@@H]1C(=O)C(C)(C)C. The van der Waals surface area contributed by atoms with Crippen LogP contribution in [0.1, 0.15) is 40.0 Å². The highest BCUT2D eigenvalue weighted by Crippen LogP contribution is 2.54. The Morgan fingerprint density at radius 3 is 2.00 bits per heavy atom. The number of hydrogen-bond acceptors (Lipinski definition) is 3. The summed E-state index contributed by atoms with van der Waals surface area (Å²) in [7, 11) is 5.92. The molecule has 1 amide bonds. The van der Waals surface area contributed by atoms with Gasteiger partial charge in [-0.1, -0.05) is 20.8 Å². The van der Waals surface area contributed by atoms with Gasteiger partial charge in [-0.25, -0.2) is 0 Å². The molecule has 2 fully saturated rings. The zero-order chi connectivity index (χ0) is 16.7. The summed E-state index contributed by atoms with van der Waals surface area (Å²) in [4.78, 5) is 29.8. The van der Waals surface area contributed by atoms with Crippen LogP contribution in [0.25, 0.3) is 0 Å². The summed E-state index contributed by atoms with van der Waals surface area (Å²) in [5, 5.41) is 0. The number of carbonyl (C=O) groups is 2. The van der Waals surface area contributed by atoms with E-state index in [2.05, 4.69) is 4.90 Å². The lowest BCUT2D eigenvalue weighted by Gasteiger charge is -2.35. The molecule has 0 aromatic carbocycles. The van der Waals surface area contributed by atoms with Crippen molar-refractivity contribution in [2.75, 3.05) is 34.2 Å². The van der Waals surface area contributed by atoms with Gasteiger partial charge in [0.05, 0.1) is 5.92 Å². The van der Waals surface area contributed by atoms with Crippen molar-refractivity contribution >= 4 is 11.7 Å².